The van der Waals surface area contributed by atoms with E-state index in [1.54, 1.807) is 6.07 Å². The lowest BCUT2D eigenvalue weighted by molar-refractivity contribution is 0.0990. The Morgan fingerprint density at radius 1 is 1.04 bits per heavy atom. The van der Waals surface area contributed by atoms with Crippen molar-refractivity contribution in [2.24, 2.45) is 5.73 Å². The fourth-order valence-corrected chi connectivity index (χ4v) is 5.12. The number of hydrogen-bond donors (Lipinski definition) is 1. The van der Waals surface area contributed by atoms with Crippen molar-refractivity contribution in [2.75, 3.05) is 0 Å². The molecule has 2 fully saturated rings. The number of carbonyl (C=O) groups excluding carboxylic acids is 1. The maximum absolute atomic E-state index is 11.5. The Bertz CT molecular complexity index is 1010. The highest BCUT2D eigenvalue weighted by atomic mass is 35.5. The molecule has 0 saturated carbocycles. The number of nitrogens with zero attached hydrogens (tertiary/aromatic N) is 3. The van der Waals surface area contributed by atoms with Crippen LogP contribution in [-0.4, -0.2) is 32.4 Å². The summed E-state index contributed by atoms with van der Waals surface area (Å²) in [7, 11) is 0. The number of benzene rings is 1. The van der Waals surface area contributed by atoms with Gasteiger partial charge in [-0.3, -0.25) is 9.69 Å². The van der Waals surface area contributed by atoms with Gasteiger partial charge in [-0.2, -0.15) is 0 Å². The second-order valence-corrected chi connectivity index (χ2v) is 8.44. The van der Waals surface area contributed by atoms with Crippen LogP contribution in [0.5, 0.6) is 0 Å². The lowest BCUT2D eigenvalue weighted by atomic mass is 9.96. The van der Waals surface area contributed by atoms with Crippen LogP contribution >= 0.6 is 11.6 Å². The van der Waals surface area contributed by atoms with Crippen molar-refractivity contribution in [3.8, 4) is 0 Å². The highest BCUT2D eigenvalue weighted by Gasteiger charge is 2.41. The van der Waals surface area contributed by atoms with Gasteiger partial charge in [0, 0.05) is 41.3 Å². The van der Waals surface area contributed by atoms with Crippen molar-refractivity contribution in [1.82, 2.24) is 14.5 Å². The maximum atomic E-state index is 11.5. The Morgan fingerprint density at radius 3 is 2.43 bits per heavy atom. The molecule has 1 unspecified atom stereocenters. The molecule has 0 spiro atoms. The van der Waals surface area contributed by atoms with Crippen LogP contribution < -0.4 is 5.73 Å². The first-order valence-corrected chi connectivity index (χ1v) is 10.2. The number of carbonyl (C=O) groups is 1. The third-order valence-electron chi connectivity index (χ3n) is 6.35. The summed E-state index contributed by atoms with van der Waals surface area (Å²) in [5, 5.41) is 1.84. The molecule has 2 saturated heterocycles. The van der Waals surface area contributed by atoms with Gasteiger partial charge in [-0.25, -0.2) is 4.98 Å². The molecule has 5 nitrogen and oxygen atoms in total. The Balaban J connectivity index is 1.38. The van der Waals surface area contributed by atoms with Crippen LogP contribution in [0, 0.1) is 0 Å². The Hall–Kier alpha value is -2.37. The third kappa shape index (κ3) is 3.09. The smallest absolute Gasteiger partial charge is 0.267 e. The molecule has 3 atom stereocenters. The van der Waals surface area contributed by atoms with Crippen LogP contribution in [0.1, 0.15) is 47.8 Å². The standard InChI is InChI=1S/C22H23ClN4O/c23-16-4-1-14(2-5-16)13-27-17-6-7-18(27)12-19(11-17)26-10-9-15-3-8-20(21(24)28)25-22(15)26/h1-5,8-10,17-19H,6-7,11-13H2,(H2,24,28)/t17-,18+,19?. The van der Waals surface area contributed by atoms with E-state index in [-0.39, 0.29) is 0 Å². The summed E-state index contributed by atoms with van der Waals surface area (Å²) >= 11 is 6.03. The van der Waals surface area contributed by atoms with Crippen molar-refractivity contribution < 1.29 is 4.79 Å². The van der Waals surface area contributed by atoms with Crippen LogP contribution in [0.15, 0.2) is 48.7 Å². The van der Waals surface area contributed by atoms with E-state index in [1.165, 1.54) is 18.4 Å². The molecule has 4 heterocycles. The Morgan fingerprint density at radius 2 is 1.75 bits per heavy atom. The molecular formula is C22H23ClN4O. The molecule has 2 aromatic heterocycles. The number of pyridine rings is 1. The van der Waals surface area contributed by atoms with E-state index in [9.17, 15) is 4.79 Å². The van der Waals surface area contributed by atoms with E-state index in [2.05, 4.69) is 38.8 Å². The van der Waals surface area contributed by atoms with E-state index in [1.807, 2.05) is 18.2 Å². The quantitative estimate of drug-likeness (QED) is 0.722. The largest absolute Gasteiger partial charge is 0.364 e. The van der Waals surface area contributed by atoms with Gasteiger partial charge >= 0.3 is 0 Å². The molecule has 2 bridgehead atoms. The molecule has 2 aliphatic heterocycles. The molecule has 144 valence electrons. The van der Waals surface area contributed by atoms with Crippen molar-refractivity contribution in [3.63, 3.8) is 0 Å². The van der Waals surface area contributed by atoms with Crippen molar-refractivity contribution >= 4 is 28.5 Å². The van der Waals surface area contributed by atoms with Crippen LogP contribution in [0.3, 0.4) is 0 Å². The molecule has 3 aromatic rings. The number of nitrogens with two attached hydrogens (primary N) is 1. The predicted molar refractivity (Wildman–Crippen MR) is 110 cm³/mol. The molecular weight excluding hydrogens is 372 g/mol. The molecule has 2 aliphatic rings. The minimum absolute atomic E-state index is 0.329. The summed E-state index contributed by atoms with van der Waals surface area (Å²) < 4.78 is 2.26. The molecule has 0 aliphatic carbocycles. The minimum Gasteiger partial charge on any atom is -0.364 e. The number of rotatable bonds is 4. The zero-order chi connectivity index (χ0) is 19.3. The molecule has 2 N–H and O–H groups in total. The Labute approximate surface area is 169 Å². The number of piperidine rings is 1. The first kappa shape index (κ1) is 17.7. The van der Waals surface area contributed by atoms with Gasteiger partial charge in [0.25, 0.3) is 5.91 Å². The van der Waals surface area contributed by atoms with E-state index >= 15 is 0 Å². The average molecular weight is 395 g/mol. The van der Waals surface area contributed by atoms with Crippen molar-refractivity contribution in [1.29, 1.82) is 0 Å². The second kappa shape index (κ2) is 6.90. The molecule has 6 heteroatoms. The first-order valence-electron chi connectivity index (χ1n) is 9.86. The zero-order valence-electron chi connectivity index (χ0n) is 15.6. The number of primary amides is 1. The van der Waals surface area contributed by atoms with Gasteiger partial charge in [0.2, 0.25) is 0 Å². The summed E-state index contributed by atoms with van der Waals surface area (Å²) in [4.78, 5) is 18.7. The van der Waals surface area contributed by atoms with Gasteiger partial charge in [-0.05, 0) is 61.6 Å². The fourth-order valence-electron chi connectivity index (χ4n) is 4.99. The number of halogens is 1. The summed E-state index contributed by atoms with van der Waals surface area (Å²) in [6.45, 7) is 0.982. The van der Waals surface area contributed by atoms with Crippen LogP contribution in [0.25, 0.3) is 11.0 Å². The average Bonchev–Trinajstić information content (AvgIpc) is 3.20. The summed E-state index contributed by atoms with van der Waals surface area (Å²) in [5.74, 6) is -0.479. The first-order chi connectivity index (χ1) is 13.6. The molecule has 1 amide bonds. The fraction of sp³-hybridized carbons (Fsp3) is 0.364. The minimum atomic E-state index is -0.479. The van der Waals surface area contributed by atoms with Crippen LogP contribution in [0.2, 0.25) is 5.02 Å². The number of amides is 1. The van der Waals surface area contributed by atoms with E-state index < -0.39 is 5.91 Å². The number of hydrogen-bond acceptors (Lipinski definition) is 3. The van der Waals surface area contributed by atoms with Crippen molar-refractivity contribution in [2.45, 2.75) is 50.4 Å². The van der Waals surface area contributed by atoms with E-state index in [4.69, 9.17) is 17.3 Å². The second-order valence-electron chi connectivity index (χ2n) is 8.01. The van der Waals surface area contributed by atoms with Gasteiger partial charge < -0.3 is 10.3 Å². The normalized spacial score (nSPS) is 24.7. The van der Waals surface area contributed by atoms with Gasteiger partial charge in [0.1, 0.15) is 11.3 Å². The lowest BCUT2D eigenvalue weighted by Crippen LogP contribution is -2.42. The lowest BCUT2D eigenvalue weighted by Gasteiger charge is -2.39. The Kier molecular flexibility index (Phi) is 4.37. The number of fused-ring (bicyclic) bond motifs is 3. The van der Waals surface area contributed by atoms with Gasteiger partial charge in [0.05, 0.1) is 0 Å². The number of aromatic nitrogens is 2. The zero-order valence-corrected chi connectivity index (χ0v) is 16.3. The molecule has 5 rings (SSSR count). The molecule has 0 radical (unpaired) electrons. The third-order valence-corrected chi connectivity index (χ3v) is 6.60. The monoisotopic (exact) mass is 394 g/mol. The van der Waals surface area contributed by atoms with Gasteiger partial charge in [-0.1, -0.05) is 23.7 Å². The van der Waals surface area contributed by atoms with E-state index in [0.29, 0.717) is 23.8 Å². The van der Waals surface area contributed by atoms with Crippen molar-refractivity contribution in [3.05, 3.63) is 64.9 Å². The van der Waals surface area contributed by atoms with Gasteiger partial charge in [0.15, 0.2) is 0 Å². The summed E-state index contributed by atoms with van der Waals surface area (Å²) in [5.41, 5.74) is 7.95. The SMILES string of the molecule is NC(=O)c1ccc2ccn(C3C[C@H]4CC[C@@H](C3)N4Cc3ccc(Cl)cc3)c2n1. The highest BCUT2D eigenvalue weighted by Crippen LogP contribution is 2.42. The predicted octanol–water partition coefficient (Wildman–Crippen LogP) is 4.16. The highest BCUT2D eigenvalue weighted by molar-refractivity contribution is 6.30. The van der Waals surface area contributed by atoms with E-state index in [0.717, 1.165) is 35.4 Å². The van der Waals surface area contributed by atoms with Crippen LogP contribution in [0.4, 0.5) is 0 Å². The molecule has 1 aromatic carbocycles. The maximum Gasteiger partial charge on any atom is 0.267 e. The van der Waals surface area contributed by atoms with Gasteiger partial charge in [-0.15, -0.1) is 0 Å². The summed E-state index contributed by atoms with van der Waals surface area (Å²) in [6, 6.07) is 15.5. The van der Waals surface area contributed by atoms with Crippen LogP contribution in [-0.2, 0) is 6.54 Å². The molecule has 28 heavy (non-hydrogen) atoms. The topological polar surface area (TPSA) is 64.2 Å². The summed E-state index contributed by atoms with van der Waals surface area (Å²) in [6.07, 6.45) is 6.82.